The number of benzene rings is 1. The number of carbonyl (C=O) groups excluding carboxylic acids is 1. The largest absolute Gasteiger partial charge is 0.484 e. The topological polar surface area (TPSA) is 29.5 Å². The lowest BCUT2D eigenvalue weighted by Crippen LogP contribution is -2.33. The Morgan fingerprint density at radius 1 is 1.44 bits per heavy atom. The zero-order chi connectivity index (χ0) is 11.4. The Hall–Kier alpha value is -1.22. The number of carbonyl (C=O) groups is 1. The molecular weight excluding hydrogens is 226 g/mol. The Kier molecular flexibility index (Phi) is 3.67. The molecule has 1 aromatic carbocycles. The summed E-state index contributed by atoms with van der Waals surface area (Å²) in [5.41, 5.74) is 0. The van der Waals surface area contributed by atoms with Gasteiger partial charge < -0.3 is 9.64 Å². The monoisotopic (exact) mass is 239 g/mol. The molecule has 1 unspecified atom stereocenters. The maximum atomic E-state index is 11.7. The number of likely N-dealkylation sites (tertiary alicyclic amines) is 1. The van der Waals surface area contributed by atoms with Gasteiger partial charge >= 0.3 is 0 Å². The summed E-state index contributed by atoms with van der Waals surface area (Å²) in [4.78, 5) is 13.5. The predicted molar refractivity (Wildman–Crippen MR) is 62.8 cm³/mol. The van der Waals surface area contributed by atoms with E-state index in [4.69, 9.17) is 16.3 Å². The zero-order valence-electron chi connectivity index (χ0n) is 8.93. The van der Waals surface area contributed by atoms with Gasteiger partial charge in [0.25, 0.3) is 5.91 Å². The molecule has 0 bridgehead atoms. The Labute approximate surface area is 100.0 Å². The Morgan fingerprint density at radius 2 is 2.19 bits per heavy atom. The minimum atomic E-state index is 0.00648. The highest BCUT2D eigenvalue weighted by Gasteiger charge is 2.24. The fourth-order valence-electron chi connectivity index (χ4n) is 1.70. The van der Waals surface area contributed by atoms with Gasteiger partial charge in [0, 0.05) is 13.1 Å². The van der Waals surface area contributed by atoms with E-state index in [1.165, 1.54) is 0 Å². The number of hydrogen-bond donors (Lipinski definition) is 0. The molecule has 16 heavy (non-hydrogen) atoms. The molecule has 1 fully saturated rings. The SMILES string of the molecule is O=C(COc1ccccc1)N1CCC(Cl)C1. The number of rotatable bonds is 3. The van der Waals surface area contributed by atoms with Gasteiger partial charge in [0.15, 0.2) is 6.61 Å². The van der Waals surface area contributed by atoms with Gasteiger partial charge in [-0.15, -0.1) is 11.6 Å². The first kappa shape index (κ1) is 11.3. The molecule has 0 spiro atoms. The fourth-order valence-corrected chi connectivity index (χ4v) is 1.96. The van der Waals surface area contributed by atoms with Crippen LogP contribution >= 0.6 is 11.6 Å². The molecule has 4 heteroatoms. The molecule has 0 N–H and O–H groups in total. The quantitative estimate of drug-likeness (QED) is 0.754. The van der Waals surface area contributed by atoms with Crippen LogP contribution in [0.3, 0.4) is 0 Å². The third-order valence-electron chi connectivity index (χ3n) is 2.59. The van der Waals surface area contributed by atoms with Gasteiger partial charge in [0.05, 0.1) is 5.38 Å². The molecule has 1 aliphatic heterocycles. The standard InChI is InChI=1S/C12H14ClNO2/c13-10-6-7-14(8-10)12(15)9-16-11-4-2-1-3-5-11/h1-5,10H,6-9H2. The van der Waals surface area contributed by atoms with Crippen molar-refractivity contribution >= 4 is 17.5 Å². The van der Waals surface area contributed by atoms with Crippen molar-refractivity contribution < 1.29 is 9.53 Å². The number of amides is 1. The van der Waals surface area contributed by atoms with E-state index in [0.29, 0.717) is 6.54 Å². The van der Waals surface area contributed by atoms with Crippen molar-refractivity contribution in [2.75, 3.05) is 19.7 Å². The Bertz CT molecular complexity index is 355. The second kappa shape index (κ2) is 5.21. The van der Waals surface area contributed by atoms with Crippen LogP contribution in [0, 0.1) is 0 Å². The highest BCUT2D eigenvalue weighted by atomic mass is 35.5. The molecule has 0 aliphatic carbocycles. The smallest absolute Gasteiger partial charge is 0.260 e. The molecule has 1 aromatic rings. The van der Waals surface area contributed by atoms with Crippen molar-refractivity contribution in [3.8, 4) is 5.75 Å². The van der Waals surface area contributed by atoms with Gasteiger partial charge in [-0.3, -0.25) is 4.79 Å². The molecule has 0 aromatic heterocycles. The number of halogens is 1. The fraction of sp³-hybridized carbons (Fsp3) is 0.417. The molecule has 0 radical (unpaired) electrons. The van der Waals surface area contributed by atoms with Crippen LogP contribution in [-0.4, -0.2) is 35.9 Å². The summed E-state index contributed by atoms with van der Waals surface area (Å²) >= 11 is 5.93. The molecule has 1 amide bonds. The Balaban J connectivity index is 1.80. The van der Waals surface area contributed by atoms with Gasteiger partial charge in [-0.2, -0.15) is 0 Å². The van der Waals surface area contributed by atoms with Crippen molar-refractivity contribution in [1.29, 1.82) is 0 Å². The summed E-state index contributed by atoms with van der Waals surface area (Å²) in [5, 5.41) is 0.0978. The summed E-state index contributed by atoms with van der Waals surface area (Å²) in [7, 11) is 0. The van der Waals surface area contributed by atoms with Crippen LogP contribution in [-0.2, 0) is 4.79 Å². The maximum Gasteiger partial charge on any atom is 0.260 e. The first-order valence-electron chi connectivity index (χ1n) is 5.35. The molecule has 2 rings (SSSR count). The van der Waals surface area contributed by atoms with Crippen molar-refractivity contribution in [3.05, 3.63) is 30.3 Å². The summed E-state index contributed by atoms with van der Waals surface area (Å²) in [6, 6.07) is 9.34. The van der Waals surface area contributed by atoms with Gasteiger partial charge in [0.2, 0.25) is 0 Å². The summed E-state index contributed by atoms with van der Waals surface area (Å²) < 4.78 is 5.38. The Morgan fingerprint density at radius 3 is 2.81 bits per heavy atom. The molecule has 86 valence electrons. The van der Waals surface area contributed by atoms with E-state index in [2.05, 4.69) is 0 Å². The van der Waals surface area contributed by atoms with E-state index in [-0.39, 0.29) is 17.9 Å². The highest BCUT2D eigenvalue weighted by Crippen LogP contribution is 2.15. The van der Waals surface area contributed by atoms with Gasteiger partial charge in [-0.1, -0.05) is 18.2 Å². The molecule has 0 saturated carbocycles. The number of alkyl halides is 1. The van der Waals surface area contributed by atoms with E-state index >= 15 is 0 Å². The van der Waals surface area contributed by atoms with Crippen LogP contribution in [0.15, 0.2) is 30.3 Å². The van der Waals surface area contributed by atoms with Crippen LogP contribution in [0.2, 0.25) is 0 Å². The first-order chi connectivity index (χ1) is 7.75. The van der Waals surface area contributed by atoms with E-state index in [9.17, 15) is 4.79 Å². The van der Waals surface area contributed by atoms with E-state index in [1.807, 2.05) is 30.3 Å². The summed E-state index contributed by atoms with van der Waals surface area (Å²) in [6.45, 7) is 1.47. The lowest BCUT2D eigenvalue weighted by Gasteiger charge is -2.15. The van der Waals surface area contributed by atoms with E-state index in [0.717, 1.165) is 18.7 Å². The normalized spacial score (nSPS) is 19.8. The lowest BCUT2D eigenvalue weighted by molar-refractivity contribution is -0.132. The zero-order valence-corrected chi connectivity index (χ0v) is 9.69. The molecule has 1 heterocycles. The number of hydrogen-bond acceptors (Lipinski definition) is 2. The average molecular weight is 240 g/mol. The molecule has 1 aliphatic rings. The van der Waals surface area contributed by atoms with Crippen LogP contribution in [0.1, 0.15) is 6.42 Å². The molecule has 1 saturated heterocycles. The first-order valence-corrected chi connectivity index (χ1v) is 5.79. The number of nitrogens with zero attached hydrogens (tertiary/aromatic N) is 1. The minimum Gasteiger partial charge on any atom is -0.484 e. The van der Waals surface area contributed by atoms with Gasteiger partial charge in [0.1, 0.15) is 5.75 Å². The highest BCUT2D eigenvalue weighted by molar-refractivity contribution is 6.21. The summed E-state index contributed by atoms with van der Waals surface area (Å²) in [6.07, 6.45) is 0.874. The van der Waals surface area contributed by atoms with Crippen LogP contribution in [0.25, 0.3) is 0 Å². The van der Waals surface area contributed by atoms with Gasteiger partial charge in [-0.25, -0.2) is 0 Å². The molecule has 1 atom stereocenters. The third-order valence-corrected chi connectivity index (χ3v) is 2.95. The summed E-state index contributed by atoms with van der Waals surface area (Å²) in [5.74, 6) is 0.726. The van der Waals surface area contributed by atoms with Crippen molar-refractivity contribution in [1.82, 2.24) is 4.90 Å². The third kappa shape index (κ3) is 2.89. The minimum absolute atomic E-state index is 0.00648. The van der Waals surface area contributed by atoms with Crippen molar-refractivity contribution in [2.45, 2.75) is 11.8 Å². The second-order valence-corrected chi connectivity index (χ2v) is 4.44. The van der Waals surface area contributed by atoms with Crippen LogP contribution in [0.4, 0.5) is 0 Å². The number of para-hydroxylation sites is 1. The molecular formula is C12H14ClNO2. The van der Waals surface area contributed by atoms with Crippen LogP contribution in [0.5, 0.6) is 5.75 Å². The van der Waals surface area contributed by atoms with Crippen LogP contribution < -0.4 is 4.74 Å². The van der Waals surface area contributed by atoms with Crippen molar-refractivity contribution in [3.63, 3.8) is 0 Å². The molecule has 3 nitrogen and oxygen atoms in total. The second-order valence-electron chi connectivity index (χ2n) is 3.83. The van der Waals surface area contributed by atoms with Crippen molar-refractivity contribution in [2.24, 2.45) is 0 Å². The predicted octanol–water partition coefficient (Wildman–Crippen LogP) is 1.91. The maximum absolute atomic E-state index is 11.7. The van der Waals surface area contributed by atoms with E-state index < -0.39 is 0 Å². The lowest BCUT2D eigenvalue weighted by atomic mass is 10.3. The number of ether oxygens (including phenoxy) is 1. The average Bonchev–Trinajstić information content (AvgIpc) is 2.74. The van der Waals surface area contributed by atoms with E-state index in [1.54, 1.807) is 4.90 Å². The van der Waals surface area contributed by atoms with Gasteiger partial charge in [-0.05, 0) is 18.6 Å².